The Balaban J connectivity index is 1.66. The summed E-state index contributed by atoms with van der Waals surface area (Å²) in [7, 11) is 1.55. The lowest BCUT2D eigenvalue weighted by atomic mass is 10.0. The van der Waals surface area contributed by atoms with Gasteiger partial charge in [0.15, 0.2) is 0 Å². The van der Waals surface area contributed by atoms with Crippen LogP contribution in [0.15, 0.2) is 59.5 Å². The van der Waals surface area contributed by atoms with Crippen LogP contribution in [0, 0.1) is 6.92 Å². The first-order valence-corrected chi connectivity index (χ1v) is 9.10. The van der Waals surface area contributed by atoms with Crippen molar-refractivity contribution in [2.75, 3.05) is 7.11 Å². The van der Waals surface area contributed by atoms with Crippen LogP contribution in [0.5, 0.6) is 0 Å². The second-order valence-corrected chi connectivity index (χ2v) is 6.60. The highest BCUT2D eigenvalue weighted by atomic mass is 16.5. The van der Waals surface area contributed by atoms with E-state index in [9.17, 15) is 9.59 Å². The monoisotopic (exact) mass is 389 g/mol. The van der Waals surface area contributed by atoms with Gasteiger partial charge in [-0.1, -0.05) is 24.3 Å². The number of methoxy groups -OCH3 is 1. The average Bonchev–Trinajstić information content (AvgIpc) is 2.73. The van der Waals surface area contributed by atoms with E-state index in [1.54, 1.807) is 31.5 Å². The van der Waals surface area contributed by atoms with E-state index in [4.69, 9.17) is 9.47 Å². The Bertz CT molecular complexity index is 1280. The predicted octanol–water partition coefficient (Wildman–Crippen LogP) is 3.05. The van der Waals surface area contributed by atoms with Gasteiger partial charge in [-0.2, -0.15) is 0 Å². The first kappa shape index (κ1) is 18.8. The second kappa shape index (κ2) is 7.81. The van der Waals surface area contributed by atoms with Gasteiger partial charge in [-0.15, -0.1) is 0 Å². The van der Waals surface area contributed by atoms with Crippen molar-refractivity contribution in [2.45, 2.75) is 20.1 Å². The fraction of sp³-hybridized carbons (Fsp3) is 0.182. The molecule has 0 saturated carbocycles. The number of ether oxygens (including phenoxy) is 2. The second-order valence-electron chi connectivity index (χ2n) is 6.60. The Kier molecular flexibility index (Phi) is 5.05. The molecule has 29 heavy (non-hydrogen) atoms. The van der Waals surface area contributed by atoms with Crippen molar-refractivity contribution in [2.24, 2.45) is 0 Å². The van der Waals surface area contributed by atoms with Crippen molar-refractivity contribution in [3.8, 4) is 0 Å². The molecule has 4 aromatic rings. The Morgan fingerprint density at radius 1 is 1.07 bits per heavy atom. The third kappa shape index (κ3) is 3.60. The zero-order chi connectivity index (χ0) is 20.4. The lowest BCUT2D eigenvalue weighted by Crippen LogP contribution is -2.17. The summed E-state index contributed by atoms with van der Waals surface area (Å²) >= 11 is 0. The minimum atomic E-state index is -0.525. The van der Waals surface area contributed by atoms with Crippen LogP contribution in [-0.4, -0.2) is 27.4 Å². The van der Waals surface area contributed by atoms with Crippen LogP contribution < -0.4 is 5.56 Å². The van der Waals surface area contributed by atoms with Gasteiger partial charge in [-0.3, -0.25) is 9.20 Å². The van der Waals surface area contributed by atoms with Crippen molar-refractivity contribution in [1.29, 1.82) is 0 Å². The number of fused-ring (bicyclic) bond motifs is 2. The number of para-hydroxylation sites is 1. The van der Waals surface area contributed by atoms with Gasteiger partial charge >= 0.3 is 5.97 Å². The summed E-state index contributed by atoms with van der Waals surface area (Å²) in [5, 5.41) is 0.876. The molecule has 0 spiro atoms. The minimum absolute atomic E-state index is 0.113. The van der Waals surface area contributed by atoms with Crippen molar-refractivity contribution in [3.63, 3.8) is 0 Å². The maximum absolute atomic E-state index is 12.9. The lowest BCUT2D eigenvalue weighted by Gasteiger charge is -2.14. The number of aromatic nitrogens is 3. The number of nitrogens with zero attached hydrogens (tertiary/aromatic N) is 3. The van der Waals surface area contributed by atoms with Gasteiger partial charge in [-0.25, -0.2) is 14.8 Å². The Morgan fingerprint density at radius 3 is 2.69 bits per heavy atom. The zero-order valence-electron chi connectivity index (χ0n) is 16.1. The summed E-state index contributed by atoms with van der Waals surface area (Å²) in [6.45, 7) is 1.93. The number of hydrogen-bond donors (Lipinski definition) is 0. The number of esters is 1. The van der Waals surface area contributed by atoms with Crippen LogP contribution >= 0.6 is 0 Å². The maximum atomic E-state index is 12.9. The largest absolute Gasteiger partial charge is 0.456 e. The Labute approximate surface area is 166 Å². The summed E-state index contributed by atoms with van der Waals surface area (Å²) in [5.41, 5.74) is 3.11. The quantitative estimate of drug-likeness (QED) is 0.488. The molecule has 0 aliphatic carbocycles. The SMILES string of the molecule is COCc1nc2ccccc2c(C)c1C(=O)OCc1cc(=O)n2ccccc2n1. The molecule has 0 unspecified atom stereocenters. The predicted molar refractivity (Wildman–Crippen MR) is 108 cm³/mol. The highest BCUT2D eigenvalue weighted by Crippen LogP contribution is 2.24. The number of benzene rings is 1. The molecule has 0 radical (unpaired) electrons. The van der Waals surface area contributed by atoms with Crippen molar-refractivity contribution >= 4 is 22.5 Å². The summed E-state index contributed by atoms with van der Waals surface area (Å²) in [6, 6.07) is 14.2. The Morgan fingerprint density at radius 2 is 1.86 bits per heavy atom. The van der Waals surface area contributed by atoms with E-state index < -0.39 is 5.97 Å². The van der Waals surface area contributed by atoms with E-state index >= 15 is 0 Å². The molecular weight excluding hydrogens is 370 g/mol. The number of rotatable bonds is 5. The van der Waals surface area contributed by atoms with Gasteiger partial charge in [0.25, 0.3) is 5.56 Å². The molecule has 1 aromatic carbocycles. The molecule has 0 aliphatic heterocycles. The molecule has 3 heterocycles. The van der Waals surface area contributed by atoms with Crippen molar-refractivity contribution < 1.29 is 14.3 Å². The van der Waals surface area contributed by atoms with Crippen LogP contribution in [0.1, 0.15) is 27.3 Å². The van der Waals surface area contributed by atoms with Gasteiger partial charge in [0, 0.05) is 24.8 Å². The van der Waals surface area contributed by atoms with E-state index in [1.165, 1.54) is 10.5 Å². The van der Waals surface area contributed by atoms with E-state index in [0.717, 1.165) is 16.5 Å². The minimum Gasteiger partial charge on any atom is -0.456 e. The van der Waals surface area contributed by atoms with Crippen LogP contribution in [-0.2, 0) is 22.7 Å². The van der Waals surface area contributed by atoms with Gasteiger partial charge in [0.1, 0.15) is 12.3 Å². The molecule has 7 nitrogen and oxygen atoms in total. The smallest absolute Gasteiger partial charge is 0.340 e. The number of hydrogen-bond acceptors (Lipinski definition) is 6. The zero-order valence-corrected chi connectivity index (χ0v) is 16.1. The highest BCUT2D eigenvalue weighted by Gasteiger charge is 2.20. The van der Waals surface area contributed by atoms with Gasteiger partial charge in [0.2, 0.25) is 0 Å². The fourth-order valence-electron chi connectivity index (χ4n) is 3.34. The number of aryl methyl sites for hydroxylation is 1. The van der Waals surface area contributed by atoms with Crippen LogP contribution in [0.3, 0.4) is 0 Å². The molecule has 146 valence electrons. The van der Waals surface area contributed by atoms with Gasteiger partial charge < -0.3 is 9.47 Å². The van der Waals surface area contributed by atoms with E-state index in [-0.39, 0.29) is 18.8 Å². The van der Waals surface area contributed by atoms with Gasteiger partial charge in [-0.05, 0) is 30.7 Å². The number of pyridine rings is 2. The molecule has 3 aromatic heterocycles. The highest BCUT2D eigenvalue weighted by molar-refractivity contribution is 5.98. The first-order valence-electron chi connectivity index (χ1n) is 9.10. The molecule has 0 saturated heterocycles. The number of carbonyl (C=O) groups excluding carboxylic acids is 1. The molecule has 4 rings (SSSR count). The van der Waals surface area contributed by atoms with Crippen LogP contribution in [0.2, 0.25) is 0 Å². The molecule has 0 N–H and O–H groups in total. The summed E-state index contributed by atoms with van der Waals surface area (Å²) in [4.78, 5) is 34.0. The molecule has 0 amide bonds. The molecule has 0 atom stereocenters. The van der Waals surface area contributed by atoms with Crippen molar-refractivity contribution in [3.05, 3.63) is 87.6 Å². The van der Waals surface area contributed by atoms with Crippen molar-refractivity contribution in [1.82, 2.24) is 14.4 Å². The standard InChI is InChI=1S/C22H19N3O4/c1-14-16-7-3-4-8-17(16)24-18(13-28-2)21(14)22(27)29-12-15-11-20(26)25-10-6-5-9-19(25)23-15/h3-11H,12-13H2,1-2H3. The van der Waals surface area contributed by atoms with Gasteiger partial charge in [0.05, 0.1) is 29.1 Å². The lowest BCUT2D eigenvalue weighted by molar-refractivity contribution is 0.0461. The van der Waals surface area contributed by atoms with E-state index in [0.29, 0.717) is 22.6 Å². The number of carbonyl (C=O) groups is 1. The molecule has 0 fully saturated rings. The molecule has 7 heteroatoms. The molecule has 0 bridgehead atoms. The third-order valence-electron chi connectivity index (χ3n) is 4.69. The molecular formula is C22H19N3O4. The third-order valence-corrected chi connectivity index (χ3v) is 4.69. The maximum Gasteiger partial charge on any atom is 0.340 e. The summed E-state index contributed by atoms with van der Waals surface area (Å²) in [5.74, 6) is -0.525. The van der Waals surface area contributed by atoms with Crippen LogP contribution in [0.25, 0.3) is 16.6 Å². The fourth-order valence-corrected chi connectivity index (χ4v) is 3.34. The average molecular weight is 389 g/mol. The first-order chi connectivity index (χ1) is 14.1. The topological polar surface area (TPSA) is 82.8 Å². The Hall–Kier alpha value is -3.58. The normalized spacial score (nSPS) is 11.1. The summed E-state index contributed by atoms with van der Waals surface area (Å²) < 4.78 is 12.1. The van der Waals surface area contributed by atoms with Crippen LogP contribution in [0.4, 0.5) is 0 Å². The molecule has 0 aliphatic rings. The summed E-state index contributed by atoms with van der Waals surface area (Å²) in [6.07, 6.45) is 1.64. The van der Waals surface area contributed by atoms with E-state index in [2.05, 4.69) is 9.97 Å². The van der Waals surface area contributed by atoms with E-state index in [1.807, 2.05) is 31.2 Å².